The van der Waals surface area contributed by atoms with Crippen LogP contribution in [-0.4, -0.2) is 33.1 Å². The van der Waals surface area contributed by atoms with Crippen molar-refractivity contribution in [3.8, 4) is 17.6 Å². The van der Waals surface area contributed by atoms with E-state index < -0.39 is 6.23 Å². The summed E-state index contributed by atoms with van der Waals surface area (Å²) < 4.78 is 5.81. The molecule has 2 heterocycles. The summed E-state index contributed by atoms with van der Waals surface area (Å²) in [4.78, 5) is 10.4. The SMILES string of the molecule is OC1c2cc(C#Cc3ccccc3)ccc2OCCN1Cc1ncccn1. The summed E-state index contributed by atoms with van der Waals surface area (Å²) in [6.45, 7) is 1.52. The topological polar surface area (TPSA) is 58.5 Å². The molecule has 0 saturated carbocycles. The third-order valence-electron chi connectivity index (χ3n) is 4.36. The summed E-state index contributed by atoms with van der Waals surface area (Å²) in [7, 11) is 0. The summed E-state index contributed by atoms with van der Waals surface area (Å²) >= 11 is 0. The predicted octanol–water partition coefficient (Wildman–Crippen LogP) is 2.76. The van der Waals surface area contributed by atoms with Gasteiger partial charge >= 0.3 is 0 Å². The lowest BCUT2D eigenvalue weighted by Gasteiger charge is -2.24. The molecule has 1 aliphatic rings. The quantitative estimate of drug-likeness (QED) is 0.715. The van der Waals surface area contributed by atoms with Crippen molar-refractivity contribution in [2.24, 2.45) is 0 Å². The van der Waals surface area contributed by atoms with Gasteiger partial charge in [-0.1, -0.05) is 30.0 Å². The highest BCUT2D eigenvalue weighted by Crippen LogP contribution is 2.31. The van der Waals surface area contributed by atoms with E-state index in [0.717, 1.165) is 11.1 Å². The highest BCUT2D eigenvalue weighted by molar-refractivity contribution is 5.48. The molecule has 1 unspecified atom stereocenters. The Morgan fingerprint density at radius 1 is 1.00 bits per heavy atom. The van der Waals surface area contributed by atoms with Crippen LogP contribution in [-0.2, 0) is 6.54 Å². The molecule has 1 atom stereocenters. The maximum absolute atomic E-state index is 10.9. The van der Waals surface area contributed by atoms with Crippen molar-refractivity contribution in [2.45, 2.75) is 12.8 Å². The number of aromatic nitrogens is 2. The third-order valence-corrected chi connectivity index (χ3v) is 4.36. The van der Waals surface area contributed by atoms with E-state index in [1.165, 1.54) is 0 Å². The van der Waals surface area contributed by atoms with E-state index >= 15 is 0 Å². The first kappa shape index (κ1) is 17.2. The van der Waals surface area contributed by atoms with E-state index in [4.69, 9.17) is 4.74 Å². The molecule has 2 aromatic carbocycles. The standard InChI is InChI=1S/C22H19N3O2/c26-22-19-15-18(8-7-17-5-2-1-3-6-17)9-10-20(19)27-14-13-25(22)16-21-23-11-4-12-24-21/h1-6,9-12,15,22,26H,13-14,16H2. The van der Waals surface area contributed by atoms with Gasteiger partial charge in [-0.05, 0) is 36.4 Å². The van der Waals surface area contributed by atoms with Crippen LogP contribution in [0.1, 0.15) is 28.7 Å². The third kappa shape index (κ3) is 4.14. The molecular formula is C22H19N3O2. The van der Waals surface area contributed by atoms with Crippen molar-refractivity contribution in [3.63, 3.8) is 0 Å². The largest absolute Gasteiger partial charge is 0.492 e. The second kappa shape index (κ2) is 8.00. The van der Waals surface area contributed by atoms with Crippen molar-refractivity contribution in [3.05, 3.63) is 89.5 Å². The summed E-state index contributed by atoms with van der Waals surface area (Å²) in [5.41, 5.74) is 2.49. The summed E-state index contributed by atoms with van der Waals surface area (Å²) in [6.07, 6.45) is 2.60. The smallest absolute Gasteiger partial charge is 0.142 e. The first-order valence-electron chi connectivity index (χ1n) is 8.81. The fraction of sp³-hybridized carbons (Fsp3) is 0.182. The number of aliphatic hydroxyl groups is 1. The molecule has 0 spiro atoms. The number of aliphatic hydroxyl groups excluding tert-OH is 1. The fourth-order valence-electron chi connectivity index (χ4n) is 2.98. The van der Waals surface area contributed by atoms with Gasteiger partial charge in [-0.25, -0.2) is 9.97 Å². The number of hydrogen-bond donors (Lipinski definition) is 1. The first-order valence-corrected chi connectivity index (χ1v) is 8.81. The maximum Gasteiger partial charge on any atom is 0.142 e. The van der Waals surface area contributed by atoms with Crippen molar-refractivity contribution in [1.82, 2.24) is 14.9 Å². The molecule has 5 nitrogen and oxygen atoms in total. The zero-order chi connectivity index (χ0) is 18.5. The van der Waals surface area contributed by atoms with E-state index in [2.05, 4.69) is 21.8 Å². The Morgan fingerprint density at radius 3 is 2.59 bits per heavy atom. The molecule has 134 valence electrons. The Bertz CT molecular complexity index is 965. The first-order chi connectivity index (χ1) is 13.3. The van der Waals surface area contributed by atoms with Gasteiger partial charge in [0.05, 0.1) is 6.54 Å². The van der Waals surface area contributed by atoms with Crippen LogP contribution in [0.2, 0.25) is 0 Å². The Labute approximate surface area is 158 Å². The summed E-state index contributed by atoms with van der Waals surface area (Å²) in [5, 5.41) is 10.9. The molecule has 0 amide bonds. The monoisotopic (exact) mass is 357 g/mol. The lowest BCUT2D eigenvalue weighted by molar-refractivity contribution is -0.00379. The van der Waals surface area contributed by atoms with Gasteiger partial charge in [0.2, 0.25) is 0 Å². The van der Waals surface area contributed by atoms with Gasteiger partial charge in [0.1, 0.15) is 24.4 Å². The van der Waals surface area contributed by atoms with E-state index in [-0.39, 0.29) is 0 Å². The Kier molecular flexibility index (Phi) is 5.10. The van der Waals surface area contributed by atoms with Crippen LogP contribution in [0, 0.1) is 11.8 Å². The minimum Gasteiger partial charge on any atom is -0.492 e. The van der Waals surface area contributed by atoms with E-state index in [1.54, 1.807) is 18.5 Å². The number of ether oxygens (including phenoxy) is 1. The highest BCUT2D eigenvalue weighted by atomic mass is 16.5. The van der Waals surface area contributed by atoms with Crippen LogP contribution < -0.4 is 4.74 Å². The molecule has 5 heteroatoms. The molecule has 0 saturated heterocycles. The van der Waals surface area contributed by atoms with Crippen molar-refractivity contribution < 1.29 is 9.84 Å². The van der Waals surface area contributed by atoms with Gasteiger partial charge in [0.25, 0.3) is 0 Å². The molecule has 1 N–H and O–H groups in total. The Balaban J connectivity index is 1.59. The van der Waals surface area contributed by atoms with Crippen LogP contribution in [0.25, 0.3) is 0 Å². The minimum absolute atomic E-state index is 0.449. The second-order valence-electron chi connectivity index (χ2n) is 6.23. The lowest BCUT2D eigenvalue weighted by atomic mass is 10.1. The van der Waals surface area contributed by atoms with Crippen molar-refractivity contribution >= 4 is 0 Å². The maximum atomic E-state index is 10.9. The molecule has 1 aromatic heterocycles. The van der Waals surface area contributed by atoms with Crippen molar-refractivity contribution in [1.29, 1.82) is 0 Å². The molecule has 0 radical (unpaired) electrons. The molecule has 0 aliphatic carbocycles. The zero-order valence-electron chi connectivity index (χ0n) is 14.7. The van der Waals surface area contributed by atoms with Gasteiger partial charge in [0, 0.05) is 35.6 Å². The average Bonchev–Trinajstić information content (AvgIpc) is 2.87. The van der Waals surface area contributed by atoms with Gasteiger partial charge < -0.3 is 9.84 Å². The van der Waals surface area contributed by atoms with Gasteiger partial charge in [-0.2, -0.15) is 0 Å². The second-order valence-corrected chi connectivity index (χ2v) is 6.23. The molecular weight excluding hydrogens is 338 g/mol. The van der Waals surface area contributed by atoms with Crippen LogP contribution in [0.15, 0.2) is 67.0 Å². The number of fused-ring (bicyclic) bond motifs is 1. The predicted molar refractivity (Wildman–Crippen MR) is 102 cm³/mol. The van der Waals surface area contributed by atoms with Crippen LogP contribution in [0.3, 0.4) is 0 Å². The zero-order valence-corrected chi connectivity index (χ0v) is 14.7. The molecule has 3 aromatic rings. The van der Waals surface area contributed by atoms with Gasteiger partial charge in [0.15, 0.2) is 0 Å². The Morgan fingerprint density at radius 2 is 1.78 bits per heavy atom. The number of benzene rings is 2. The van der Waals surface area contributed by atoms with Crippen LogP contribution >= 0.6 is 0 Å². The van der Waals surface area contributed by atoms with Crippen molar-refractivity contribution in [2.75, 3.05) is 13.2 Å². The normalized spacial score (nSPS) is 16.4. The highest BCUT2D eigenvalue weighted by Gasteiger charge is 2.25. The van der Waals surface area contributed by atoms with Crippen LogP contribution in [0.4, 0.5) is 0 Å². The van der Waals surface area contributed by atoms with E-state index in [0.29, 0.717) is 36.8 Å². The van der Waals surface area contributed by atoms with E-state index in [9.17, 15) is 5.11 Å². The Hall–Kier alpha value is -3.20. The lowest BCUT2D eigenvalue weighted by Crippen LogP contribution is -2.30. The molecule has 4 rings (SSSR count). The average molecular weight is 357 g/mol. The van der Waals surface area contributed by atoms with E-state index in [1.807, 2.05) is 53.4 Å². The van der Waals surface area contributed by atoms with Gasteiger partial charge in [-0.3, -0.25) is 4.90 Å². The molecule has 27 heavy (non-hydrogen) atoms. The van der Waals surface area contributed by atoms with Crippen LogP contribution in [0.5, 0.6) is 5.75 Å². The fourth-order valence-corrected chi connectivity index (χ4v) is 2.98. The molecule has 0 bridgehead atoms. The summed E-state index contributed by atoms with van der Waals surface area (Å²) in [5.74, 6) is 7.65. The number of rotatable bonds is 2. The molecule has 1 aliphatic heterocycles. The number of nitrogens with zero attached hydrogens (tertiary/aromatic N) is 3. The summed E-state index contributed by atoms with van der Waals surface area (Å²) in [6, 6.07) is 17.3. The minimum atomic E-state index is -0.801. The van der Waals surface area contributed by atoms with Gasteiger partial charge in [-0.15, -0.1) is 0 Å². The molecule has 0 fully saturated rings. The number of hydrogen-bond acceptors (Lipinski definition) is 5.